The van der Waals surface area contributed by atoms with Gasteiger partial charge in [0.25, 0.3) is 5.91 Å². The quantitative estimate of drug-likeness (QED) is 0.254. The number of nitrogens with two attached hydrogens (primary N) is 2. The second-order valence-corrected chi connectivity index (χ2v) is 7.61. The molecule has 0 unspecified atom stereocenters. The van der Waals surface area contributed by atoms with Gasteiger partial charge in [-0.3, -0.25) is 14.9 Å². The Morgan fingerprint density at radius 2 is 2.21 bits per heavy atom. The first-order valence-corrected chi connectivity index (χ1v) is 9.66. The number of hydrogen-bond acceptors (Lipinski definition) is 7. The molecule has 0 aliphatic heterocycles. The van der Waals surface area contributed by atoms with Crippen molar-refractivity contribution >= 4 is 39.5 Å². The highest BCUT2D eigenvalue weighted by atomic mass is 32.1. The van der Waals surface area contributed by atoms with E-state index in [1.165, 1.54) is 11.3 Å². The van der Waals surface area contributed by atoms with E-state index < -0.39 is 0 Å². The van der Waals surface area contributed by atoms with Crippen LogP contribution in [0.5, 0.6) is 0 Å². The molecule has 4 rings (SSSR count). The van der Waals surface area contributed by atoms with Gasteiger partial charge < -0.3 is 10.3 Å². The van der Waals surface area contributed by atoms with Crippen LogP contribution in [0.3, 0.4) is 0 Å². The highest BCUT2D eigenvalue weighted by Gasteiger charge is 2.25. The summed E-state index contributed by atoms with van der Waals surface area (Å²) in [5, 5.41) is 8.70. The molecule has 1 amide bonds. The number of hydrazine groups is 1. The summed E-state index contributed by atoms with van der Waals surface area (Å²) in [6.07, 6.45) is 3.84. The maximum atomic E-state index is 13.0. The van der Waals surface area contributed by atoms with Crippen LogP contribution in [0.1, 0.15) is 32.4 Å². The summed E-state index contributed by atoms with van der Waals surface area (Å²) >= 11 is 1.51. The maximum Gasteiger partial charge on any atom is 0.285 e. The van der Waals surface area contributed by atoms with Gasteiger partial charge >= 0.3 is 0 Å². The lowest BCUT2D eigenvalue weighted by atomic mass is 10.2. The average Bonchev–Trinajstić information content (AvgIpc) is 3.39. The number of amides is 1. The topological polar surface area (TPSA) is 132 Å². The van der Waals surface area contributed by atoms with Crippen LogP contribution >= 0.6 is 11.3 Å². The SMILES string of the molecule is C=Cc1c(C(=O)N(N)Cc2ccn[nH]2)n(C)c2nc(Cc3cccc(N)n3)sc12. The molecule has 0 saturated heterocycles. The molecule has 29 heavy (non-hydrogen) atoms. The highest BCUT2D eigenvalue weighted by Crippen LogP contribution is 2.33. The van der Waals surface area contributed by atoms with E-state index in [1.807, 2.05) is 12.1 Å². The number of anilines is 1. The number of aromatic amines is 1. The summed E-state index contributed by atoms with van der Waals surface area (Å²) < 4.78 is 2.65. The minimum absolute atomic E-state index is 0.216. The lowest BCUT2D eigenvalue weighted by Crippen LogP contribution is -2.38. The number of nitrogen functional groups attached to an aromatic ring is 1. The lowest BCUT2D eigenvalue weighted by Gasteiger charge is -2.16. The molecule has 0 fully saturated rings. The van der Waals surface area contributed by atoms with Gasteiger partial charge in [0.15, 0.2) is 5.65 Å². The summed E-state index contributed by atoms with van der Waals surface area (Å²) in [4.78, 5) is 22.0. The van der Waals surface area contributed by atoms with Gasteiger partial charge in [-0.2, -0.15) is 5.10 Å². The first-order chi connectivity index (χ1) is 14.0. The van der Waals surface area contributed by atoms with Crippen LogP contribution in [0.2, 0.25) is 0 Å². The van der Waals surface area contributed by atoms with E-state index in [1.54, 1.807) is 36.0 Å². The number of carbonyl (C=O) groups excluding carboxylic acids is 1. The van der Waals surface area contributed by atoms with E-state index in [2.05, 4.69) is 21.8 Å². The van der Waals surface area contributed by atoms with Crippen molar-refractivity contribution in [2.45, 2.75) is 13.0 Å². The van der Waals surface area contributed by atoms with Gasteiger partial charge in [-0.05, 0) is 18.2 Å². The number of H-pyrrole nitrogens is 1. The Kier molecular flexibility index (Phi) is 4.87. The van der Waals surface area contributed by atoms with E-state index in [0.29, 0.717) is 23.6 Å². The van der Waals surface area contributed by atoms with E-state index in [-0.39, 0.29) is 12.5 Å². The van der Waals surface area contributed by atoms with Crippen molar-refractivity contribution in [3.63, 3.8) is 0 Å². The summed E-state index contributed by atoms with van der Waals surface area (Å²) in [7, 11) is 1.80. The number of nitrogens with one attached hydrogen (secondary N) is 1. The molecule has 148 valence electrons. The third kappa shape index (κ3) is 3.50. The molecule has 5 N–H and O–H groups in total. The van der Waals surface area contributed by atoms with Crippen LogP contribution in [0.15, 0.2) is 37.0 Å². The molecule has 4 heterocycles. The minimum atomic E-state index is -0.318. The highest BCUT2D eigenvalue weighted by molar-refractivity contribution is 7.18. The average molecular weight is 408 g/mol. The second kappa shape index (κ2) is 7.49. The number of rotatable bonds is 6. The van der Waals surface area contributed by atoms with Gasteiger partial charge in [-0.15, -0.1) is 11.3 Å². The van der Waals surface area contributed by atoms with Crippen LogP contribution in [-0.2, 0) is 20.0 Å². The predicted octanol–water partition coefficient (Wildman–Crippen LogP) is 2.08. The Morgan fingerprint density at radius 1 is 1.38 bits per heavy atom. The Hall–Kier alpha value is -3.50. The molecule has 0 radical (unpaired) electrons. The number of nitrogens with zero attached hydrogens (tertiary/aromatic N) is 5. The number of aromatic nitrogens is 5. The lowest BCUT2D eigenvalue weighted by molar-refractivity contribution is 0.0731. The van der Waals surface area contributed by atoms with Crippen molar-refractivity contribution in [2.75, 3.05) is 5.73 Å². The maximum absolute atomic E-state index is 13.0. The molecular formula is C19H20N8OS. The standard InChI is InChI=1S/C19H20N8OS/c1-3-13-16(19(28)27(21)10-12-7-8-22-25-12)26(2)18-17(13)29-15(24-18)9-11-5-4-6-14(20)23-11/h3-8H,1,9-10,21H2,2H3,(H2,20,23)(H,22,25). The fourth-order valence-electron chi connectivity index (χ4n) is 3.19. The van der Waals surface area contributed by atoms with E-state index >= 15 is 0 Å². The molecule has 10 heteroatoms. The van der Waals surface area contributed by atoms with E-state index in [0.717, 1.165) is 31.7 Å². The zero-order valence-corrected chi connectivity index (χ0v) is 16.6. The number of carbonyl (C=O) groups is 1. The third-order valence-electron chi connectivity index (χ3n) is 4.53. The summed E-state index contributed by atoms with van der Waals surface area (Å²) in [5.74, 6) is 6.18. The van der Waals surface area contributed by atoms with Crippen LogP contribution in [0.25, 0.3) is 16.4 Å². The number of fused-ring (bicyclic) bond motifs is 1. The van der Waals surface area contributed by atoms with Crippen molar-refractivity contribution in [3.8, 4) is 0 Å². The summed E-state index contributed by atoms with van der Waals surface area (Å²) in [6, 6.07) is 7.29. The monoisotopic (exact) mass is 408 g/mol. The van der Waals surface area contributed by atoms with E-state index in [9.17, 15) is 4.79 Å². The Labute approximate surface area is 170 Å². The fourth-order valence-corrected chi connectivity index (χ4v) is 4.34. The van der Waals surface area contributed by atoms with E-state index in [4.69, 9.17) is 16.6 Å². The molecule has 0 aliphatic carbocycles. The van der Waals surface area contributed by atoms with Crippen LogP contribution in [-0.4, -0.2) is 35.6 Å². The minimum Gasteiger partial charge on any atom is -0.384 e. The Balaban J connectivity index is 1.67. The van der Waals surface area contributed by atoms with Gasteiger partial charge in [0.05, 0.1) is 16.9 Å². The molecule has 0 saturated carbocycles. The van der Waals surface area contributed by atoms with Crippen LogP contribution in [0, 0.1) is 0 Å². The van der Waals surface area contributed by atoms with Gasteiger partial charge in [0.1, 0.15) is 16.5 Å². The normalized spacial score (nSPS) is 11.1. The van der Waals surface area contributed by atoms with Crippen LogP contribution in [0.4, 0.5) is 5.82 Å². The first kappa shape index (κ1) is 18.8. The molecule has 0 atom stereocenters. The first-order valence-electron chi connectivity index (χ1n) is 8.84. The smallest absolute Gasteiger partial charge is 0.285 e. The molecule has 4 aromatic heterocycles. The summed E-state index contributed by atoms with van der Waals surface area (Å²) in [6.45, 7) is 4.10. The Bertz CT molecular complexity index is 1190. The molecule has 0 bridgehead atoms. The molecule has 0 spiro atoms. The fraction of sp³-hybridized carbons (Fsp3) is 0.158. The zero-order chi connectivity index (χ0) is 20.5. The Morgan fingerprint density at radius 3 is 2.90 bits per heavy atom. The van der Waals surface area contributed by atoms with Crippen molar-refractivity contribution in [1.82, 2.24) is 29.7 Å². The number of hydrogen-bond donors (Lipinski definition) is 3. The van der Waals surface area contributed by atoms with Gasteiger partial charge in [-0.25, -0.2) is 15.8 Å². The number of pyridine rings is 1. The van der Waals surface area contributed by atoms with Gasteiger partial charge in [-0.1, -0.05) is 18.7 Å². The molecule has 0 aliphatic rings. The van der Waals surface area contributed by atoms with Crippen LogP contribution < -0.4 is 11.6 Å². The predicted molar refractivity (Wildman–Crippen MR) is 113 cm³/mol. The molecule has 0 aromatic carbocycles. The largest absolute Gasteiger partial charge is 0.384 e. The van der Waals surface area contributed by atoms with Gasteiger partial charge in [0, 0.05) is 30.9 Å². The van der Waals surface area contributed by atoms with Crippen molar-refractivity contribution in [2.24, 2.45) is 12.9 Å². The third-order valence-corrected chi connectivity index (χ3v) is 5.61. The number of aryl methyl sites for hydroxylation is 1. The molecule has 4 aromatic rings. The second-order valence-electron chi connectivity index (χ2n) is 6.53. The zero-order valence-electron chi connectivity index (χ0n) is 15.8. The summed E-state index contributed by atoms with van der Waals surface area (Å²) in [5.41, 5.74) is 9.22. The van der Waals surface area contributed by atoms with Crippen molar-refractivity contribution < 1.29 is 4.79 Å². The van der Waals surface area contributed by atoms with Gasteiger partial charge in [0.2, 0.25) is 0 Å². The number of thiazole rings is 1. The van der Waals surface area contributed by atoms with Crippen molar-refractivity contribution in [1.29, 1.82) is 0 Å². The molecule has 9 nitrogen and oxygen atoms in total. The van der Waals surface area contributed by atoms with Crippen molar-refractivity contribution in [3.05, 3.63) is 64.7 Å². The molecular weight excluding hydrogens is 388 g/mol.